The summed E-state index contributed by atoms with van der Waals surface area (Å²) in [6.07, 6.45) is 0. The second-order valence-electron chi connectivity index (χ2n) is 2.43. The SMILES string of the molecule is CCSC(=S)NN1CCOCC1. The number of thiocarbonyl (C=S) groups is 1. The molecular formula is C7H14N2OS2. The zero-order valence-corrected chi connectivity index (χ0v) is 8.84. The van der Waals surface area contributed by atoms with Crippen LogP contribution in [-0.4, -0.2) is 41.4 Å². The van der Waals surface area contributed by atoms with E-state index in [2.05, 4.69) is 17.4 Å². The van der Waals surface area contributed by atoms with E-state index in [1.54, 1.807) is 11.8 Å². The fourth-order valence-electron chi connectivity index (χ4n) is 0.968. The summed E-state index contributed by atoms with van der Waals surface area (Å²) in [5.41, 5.74) is 3.17. The van der Waals surface area contributed by atoms with Gasteiger partial charge in [-0.15, -0.1) is 0 Å². The molecule has 0 saturated carbocycles. The molecule has 1 aliphatic heterocycles. The van der Waals surface area contributed by atoms with Gasteiger partial charge < -0.3 is 10.2 Å². The molecule has 0 spiro atoms. The van der Waals surface area contributed by atoms with Crippen molar-refractivity contribution in [3.05, 3.63) is 0 Å². The van der Waals surface area contributed by atoms with E-state index in [0.717, 1.165) is 36.4 Å². The summed E-state index contributed by atoms with van der Waals surface area (Å²) in [6, 6.07) is 0. The van der Waals surface area contributed by atoms with Crippen LogP contribution in [0.3, 0.4) is 0 Å². The topological polar surface area (TPSA) is 24.5 Å². The van der Waals surface area contributed by atoms with Crippen molar-refractivity contribution in [3.63, 3.8) is 0 Å². The van der Waals surface area contributed by atoms with E-state index in [1.165, 1.54) is 0 Å². The molecule has 1 heterocycles. The summed E-state index contributed by atoms with van der Waals surface area (Å²) in [5, 5.41) is 2.11. The maximum absolute atomic E-state index is 5.21. The average Bonchev–Trinajstić information content (AvgIpc) is 2.06. The molecule has 1 rings (SSSR count). The molecule has 0 radical (unpaired) electrons. The second kappa shape index (κ2) is 5.75. The molecule has 1 aliphatic rings. The van der Waals surface area contributed by atoms with E-state index in [0.29, 0.717) is 0 Å². The number of morpholine rings is 1. The van der Waals surface area contributed by atoms with Crippen molar-refractivity contribution in [1.29, 1.82) is 0 Å². The number of rotatable bonds is 2. The first-order valence-electron chi connectivity index (χ1n) is 4.09. The Morgan fingerprint density at radius 3 is 2.83 bits per heavy atom. The highest BCUT2D eigenvalue weighted by molar-refractivity contribution is 8.22. The molecule has 70 valence electrons. The van der Waals surface area contributed by atoms with E-state index in [4.69, 9.17) is 17.0 Å². The molecule has 0 aromatic rings. The highest BCUT2D eigenvalue weighted by Crippen LogP contribution is 2.02. The maximum Gasteiger partial charge on any atom is 0.148 e. The lowest BCUT2D eigenvalue weighted by molar-refractivity contribution is 0.0257. The molecule has 0 aromatic carbocycles. The van der Waals surface area contributed by atoms with Crippen molar-refractivity contribution in [3.8, 4) is 0 Å². The number of hydrazine groups is 1. The smallest absolute Gasteiger partial charge is 0.148 e. The van der Waals surface area contributed by atoms with E-state index in [9.17, 15) is 0 Å². The van der Waals surface area contributed by atoms with Crippen LogP contribution >= 0.6 is 24.0 Å². The third kappa shape index (κ3) is 3.71. The lowest BCUT2D eigenvalue weighted by Gasteiger charge is -2.27. The van der Waals surface area contributed by atoms with Gasteiger partial charge in [0.05, 0.1) is 13.2 Å². The van der Waals surface area contributed by atoms with Crippen LogP contribution in [0.4, 0.5) is 0 Å². The Labute approximate surface area is 82.8 Å². The van der Waals surface area contributed by atoms with Gasteiger partial charge in [0.2, 0.25) is 0 Å². The van der Waals surface area contributed by atoms with E-state index in [1.807, 2.05) is 0 Å². The summed E-state index contributed by atoms with van der Waals surface area (Å²) >= 11 is 6.77. The standard InChI is InChI=1S/C7H14N2OS2/c1-2-12-7(11)8-9-3-5-10-6-4-9/h2-6H2,1H3,(H,8,11). The van der Waals surface area contributed by atoms with Crippen LogP contribution in [0.1, 0.15) is 6.92 Å². The first kappa shape index (κ1) is 10.2. The summed E-state index contributed by atoms with van der Waals surface area (Å²) < 4.78 is 6.07. The second-order valence-corrected chi connectivity index (χ2v) is 4.37. The van der Waals surface area contributed by atoms with Crippen LogP contribution in [-0.2, 0) is 4.74 Å². The lowest BCUT2D eigenvalue weighted by atomic mass is 10.5. The van der Waals surface area contributed by atoms with Crippen molar-refractivity contribution < 1.29 is 4.74 Å². The van der Waals surface area contributed by atoms with Gasteiger partial charge in [0.1, 0.15) is 4.32 Å². The molecule has 1 N–H and O–H groups in total. The molecule has 3 nitrogen and oxygen atoms in total. The van der Waals surface area contributed by atoms with Crippen LogP contribution in [0.2, 0.25) is 0 Å². The van der Waals surface area contributed by atoms with Gasteiger partial charge in [-0.25, -0.2) is 5.01 Å². The molecule has 0 aromatic heterocycles. The molecule has 0 unspecified atom stereocenters. The number of ether oxygens (including phenoxy) is 1. The monoisotopic (exact) mass is 206 g/mol. The van der Waals surface area contributed by atoms with Crippen LogP contribution < -0.4 is 5.43 Å². The van der Waals surface area contributed by atoms with Gasteiger partial charge in [0, 0.05) is 13.1 Å². The Hall–Kier alpha value is 0.160. The van der Waals surface area contributed by atoms with Gasteiger partial charge >= 0.3 is 0 Å². The molecule has 1 fully saturated rings. The van der Waals surface area contributed by atoms with Crippen LogP contribution in [0, 0.1) is 0 Å². The van der Waals surface area contributed by atoms with Crippen molar-refractivity contribution >= 4 is 28.3 Å². The fourth-order valence-corrected chi connectivity index (χ4v) is 1.91. The predicted molar refractivity (Wildman–Crippen MR) is 56.3 cm³/mol. The number of hydrogen-bond acceptors (Lipinski definition) is 4. The zero-order valence-electron chi connectivity index (χ0n) is 7.21. The van der Waals surface area contributed by atoms with E-state index >= 15 is 0 Å². The third-order valence-corrected chi connectivity index (χ3v) is 2.62. The molecule has 0 atom stereocenters. The minimum absolute atomic E-state index is 0.798. The Balaban J connectivity index is 2.15. The lowest BCUT2D eigenvalue weighted by Crippen LogP contribution is -2.47. The Morgan fingerprint density at radius 1 is 1.58 bits per heavy atom. The van der Waals surface area contributed by atoms with Gasteiger partial charge in [0.25, 0.3) is 0 Å². The van der Waals surface area contributed by atoms with E-state index < -0.39 is 0 Å². The van der Waals surface area contributed by atoms with Gasteiger partial charge in [-0.2, -0.15) is 0 Å². The molecule has 12 heavy (non-hydrogen) atoms. The highest BCUT2D eigenvalue weighted by atomic mass is 32.2. The Kier molecular flexibility index (Phi) is 4.90. The van der Waals surface area contributed by atoms with Gasteiger partial charge in [0.15, 0.2) is 0 Å². The number of nitrogens with one attached hydrogen (secondary N) is 1. The van der Waals surface area contributed by atoms with E-state index in [-0.39, 0.29) is 0 Å². The molecule has 0 amide bonds. The molecule has 1 saturated heterocycles. The predicted octanol–water partition coefficient (Wildman–Crippen LogP) is 0.861. The third-order valence-electron chi connectivity index (χ3n) is 1.54. The first-order chi connectivity index (χ1) is 5.83. The van der Waals surface area contributed by atoms with Gasteiger partial charge in [-0.1, -0.05) is 30.9 Å². The van der Waals surface area contributed by atoms with Gasteiger partial charge in [-0.05, 0) is 5.75 Å². The normalized spacial score (nSPS) is 19.1. The Bertz CT molecular complexity index is 148. The van der Waals surface area contributed by atoms with Crippen molar-refractivity contribution in [2.24, 2.45) is 0 Å². The largest absolute Gasteiger partial charge is 0.379 e. The first-order valence-corrected chi connectivity index (χ1v) is 5.48. The van der Waals surface area contributed by atoms with Crippen molar-refractivity contribution in [2.45, 2.75) is 6.92 Å². The minimum Gasteiger partial charge on any atom is -0.379 e. The van der Waals surface area contributed by atoms with Crippen LogP contribution in [0.25, 0.3) is 0 Å². The highest BCUT2D eigenvalue weighted by Gasteiger charge is 2.10. The maximum atomic E-state index is 5.21. The quantitative estimate of drug-likeness (QED) is 0.676. The zero-order chi connectivity index (χ0) is 8.81. The van der Waals surface area contributed by atoms with Gasteiger partial charge in [-0.3, -0.25) is 0 Å². The number of nitrogens with zero attached hydrogens (tertiary/aromatic N) is 1. The van der Waals surface area contributed by atoms with Crippen LogP contribution in [0.5, 0.6) is 0 Å². The molecular weight excluding hydrogens is 192 g/mol. The van der Waals surface area contributed by atoms with Crippen LogP contribution in [0.15, 0.2) is 0 Å². The molecule has 0 aliphatic carbocycles. The summed E-state index contributed by atoms with van der Waals surface area (Å²) in [7, 11) is 0. The average molecular weight is 206 g/mol. The van der Waals surface area contributed by atoms with Crippen molar-refractivity contribution in [2.75, 3.05) is 32.1 Å². The number of thioether (sulfide) groups is 1. The fraction of sp³-hybridized carbons (Fsp3) is 0.857. The molecule has 0 bridgehead atoms. The summed E-state index contributed by atoms with van der Waals surface area (Å²) in [5.74, 6) is 1.02. The molecule has 5 heteroatoms. The summed E-state index contributed by atoms with van der Waals surface area (Å²) in [4.78, 5) is 0. The summed E-state index contributed by atoms with van der Waals surface area (Å²) in [6.45, 7) is 5.53. The van der Waals surface area contributed by atoms with Crippen molar-refractivity contribution in [1.82, 2.24) is 10.4 Å². The number of hydrogen-bond donors (Lipinski definition) is 1. The minimum atomic E-state index is 0.798. The Morgan fingerprint density at radius 2 is 2.25 bits per heavy atom.